The topological polar surface area (TPSA) is 8.17 Å². The first-order valence-corrected chi connectivity index (χ1v) is 19.8. The lowest BCUT2D eigenvalue weighted by molar-refractivity contribution is 0.795. The molecular weight excluding hydrogens is 689 g/mol. The molecule has 2 aliphatic rings. The van der Waals surface area contributed by atoms with E-state index in [1.54, 1.807) is 0 Å². The summed E-state index contributed by atoms with van der Waals surface area (Å²) in [6, 6.07) is 80.3. The summed E-state index contributed by atoms with van der Waals surface area (Å²) in [7, 11) is 0. The molecule has 0 amide bonds. The first kappa shape index (κ1) is 31.9. The van der Waals surface area contributed by atoms with Gasteiger partial charge < -0.3 is 9.47 Å². The Kier molecular flexibility index (Phi) is 6.88. The molecule has 1 heterocycles. The van der Waals surface area contributed by atoms with Gasteiger partial charge in [0, 0.05) is 33.5 Å². The summed E-state index contributed by atoms with van der Waals surface area (Å²) < 4.78 is 2.47. The van der Waals surface area contributed by atoms with Crippen LogP contribution in [-0.2, 0) is 5.41 Å². The minimum absolute atomic E-state index is 0.398. The van der Waals surface area contributed by atoms with Crippen LogP contribution in [0.25, 0.3) is 60.9 Å². The largest absolute Gasteiger partial charge is 0.310 e. The molecule has 266 valence electrons. The molecule has 12 rings (SSSR count). The molecule has 0 N–H and O–H groups in total. The van der Waals surface area contributed by atoms with Gasteiger partial charge >= 0.3 is 0 Å². The molecule has 0 saturated carbocycles. The van der Waals surface area contributed by atoms with Crippen LogP contribution in [0.3, 0.4) is 0 Å². The van der Waals surface area contributed by atoms with E-state index in [1.165, 1.54) is 77.4 Å². The third-order valence-corrected chi connectivity index (χ3v) is 12.4. The number of benzene rings is 9. The van der Waals surface area contributed by atoms with E-state index in [-0.39, 0.29) is 0 Å². The van der Waals surface area contributed by atoms with Crippen molar-refractivity contribution in [2.45, 2.75) is 5.41 Å². The van der Waals surface area contributed by atoms with Crippen molar-refractivity contribution in [3.8, 4) is 39.1 Å². The van der Waals surface area contributed by atoms with E-state index >= 15 is 0 Å². The SMILES string of the molecule is c1ccc(-c2ccc(N(c3ccccc3)c3ccc4c5cc6c(cc5n(-c5ccccc5)c4c3)-c3ccccc3C63c4ccccc4-c4ccccc43)cc2)cc1. The van der Waals surface area contributed by atoms with Crippen LogP contribution in [0.1, 0.15) is 22.3 Å². The van der Waals surface area contributed by atoms with Gasteiger partial charge in [0.15, 0.2) is 0 Å². The van der Waals surface area contributed by atoms with Crippen molar-refractivity contribution >= 4 is 38.9 Å². The van der Waals surface area contributed by atoms with Crippen molar-refractivity contribution in [3.05, 3.63) is 241 Å². The van der Waals surface area contributed by atoms with Gasteiger partial charge in [-0.1, -0.05) is 158 Å². The third-order valence-electron chi connectivity index (χ3n) is 12.4. The molecule has 57 heavy (non-hydrogen) atoms. The molecule has 0 atom stereocenters. The Balaban J connectivity index is 1.12. The number of aromatic nitrogens is 1. The molecule has 1 aromatic heterocycles. The van der Waals surface area contributed by atoms with E-state index in [0.29, 0.717) is 0 Å². The molecule has 0 unspecified atom stereocenters. The normalized spacial score (nSPS) is 13.1. The molecule has 10 aromatic rings. The standard InChI is InChI=1S/C55H36N2/c1-4-16-37(17-5-1)38-28-30-41(31-29-38)56(39-18-6-2-7-19-39)42-32-33-46-48-35-52-47(36-54(48)57(53(46)34-42)40-20-8-3-9-21-40)45-24-12-15-27-51(45)55(52)49-25-13-10-22-43(49)44-23-11-14-26-50(44)55/h1-36H. The average Bonchev–Trinajstić information content (AvgIpc) is 3.88. The highest BCUT2D eigenvalue weighted by atomic mass is 15.1. The first-order valence-electron chi connectivity index (χ1n) is 19.8. The van der Waals surface area contributed by atoms with Crippen LogP contribution >= 0.6 is 0 Å². The minimum atomic E-state index is -0.398. The lowest BCUT2D eigenvalue weighted by Gasteiger charge is -2.30. The molecule has 0 fully saturated rings. The molecule has 1 spiro atoms. The Morgan fingerprint density at radius 1 is 0.316 bits per heavy atom. The van der Waals surface area contributed by atoms with Crippen LogP contribution in [0, 0.1) is 0 Å². The maximum Gasteiger partial charge on any atom is 0.0725 e. The zero-order chi connectivity index (χ0) is 37.5. The van der Waals surface area contributed by atoms with Gasteiger partial charge in [0.25, 0.3) is 0 Å². The Morgan fingerprint density at radius 2 is 0.789 bits per heavy atom. The highest BCUT2D eigenvalue weighted by Gasteiger charge is 2.51. The molecule has 0 aliphatic heterocycles. The van der Waals surface area contributed by atoms with E-state index in [2.05, 4.69) is 228 Å². The average molecular weight is 725 g/mol. The van der Waals surface area contributed by atoms with Gasteiger partial charge in [-0.2, -0.15) is 0 Å². The molecule has 2 aliphatic carbocycles. The Labute approximate surface area is 332 Å². The second kappa shape index (κ2) is 12.3. The monoisotopic (exact) mass is 724 g/mol. The Bertz CT molecular complexity index is 3110. The van der Waals surface area contributed by atoms with Crippen LogP contribution in [0.15, 0.2) is 218 Å². The van der Waals surface area contributed by atoms with E-state index < -0.39 is 5.41 Å². The van der Waals surface area contributed by atoms with Crippen LogP contribution in [-0.4, -0.2) is 4.57 Å². The Morgan fingerprint density at radius 3 is 1.42 bits per heavy atom. The van der Waals surface area contributed by atoms with Crippen molar-refractivity contribution in [2.24, 2.45) is 0 Å². The van der Waals surface area contributed by atoms with Gasteiger partial charge in [0.2, 0.25) is 0 Å². The smallest absolute Gasteiger partial charge is 0.0725 e. The molecule has 0 saturated heterocycles. The predicted octanol–water partition coefficient (Wildman–Crippen LogP) is 14.3. The summed E-state index contributed by atoms with van der Waals surface area (Å²) in [4.78, 5) is 2.37. The molecule has 9 aromatic carbocycles. The van der Waals surface area contributed by atoms with Crippen LogP contribution in [0.5, 0.6) is 0 Å². The number of fused-ring (bicyclic) bond motifs is 13. The quantitative estimate of drug-likeness (QED) is 0.172. The van der Waals surface area contributed by atoms with Crippen LogP contribution in [0.4, 0.5) is 17.1 Å². The number of nitrogens with zero attached hydrogens (tertiary/aromatic N) is 2. The predicted molar refractivity (Wildman–Crippen MR) is 237 cm³/mol. The van der Waals surface area contributed by atoms with E-state index in [4.69, 9.17) is 0 Å². The van der Waals surface area contributed by atoms with Crippen LogP contribution in [0.2, 0.25) is 0 Å². The zero-order valence-electron chi connectivity index (χ0n) is 31.2. The third kappa shape index (κ3) is 4.53. The molecule has 0 radical (unpaired) electrons. The van der Waals surface area contributed by atoms with Gasteiger partial charge in [-0.15, -0.1) is 0 Å². The Hall–Kier alpha value is -7.42. The highest BCUT2D eigenvalue weighted by Crippen LogP contribution is 2.63. The summed E-state index contributed by atoms with van der Waals surface area (Å²) in [5.41, 5.74) is 19.6. The lowest BCUT2D eigenvalue weighted by Crippen LogP contribution is -2.25. The fourth-order valence-corrected chi connectivity index (χ4v) is 10.0. The van der Waals surface area contributed by atoms with E-state index in [9.17, 15) is 0 Å². The fourth-order valence-electron chi connectivity index (χ4n) is 10.0. The van der Waals surface area contributed by atoms with Crippen LogP contribution < -0.4 is 4.90 Å². The molecular formula is C55H36N2. The fraction of sp³-hybridized carbons (Fsp3) is 0.0182. The minimum Gasteiger partial charge on any atom is -0.310 e. The van der Waals surface area contributed by atoms with Gasteiger partial charge in [0.1, 0.15) is 0 Å². The molecule has 2 nitrogen and oxygen atoms in total. The maximum absolute atomic E-state index is 2.53. The molecule has 0 bridgehead atoms. The number of para-hydroxylation sites is 2. The summed E-state index contributed by atoms with van der Waals surface area (Å²) in [6.45, 7) is 0. The van der Waals surface area contributed by atoms with Crippen molar-refractivity contribution in [2.75, 3.05) is 4.90 Å². The van der Waals surface area contributed by atoms with Gasteiger partial charge in [0.05, 0.1) is 16.4 Å². The maximum atomic E-state index is 2.53. The summed E-state index contributed by atoms with van der Waals surface area (Å²) >= 11 is 0. The first-order chi connectivity index (χ1) is 28.3. The van der Waals surface area contributed by atoms with Crippen molar-refractivity contribution in [1.29, 1.82) is 0 Å². The summed E-state index contributed by atoms with van der Waals surface area (Å²) in [5.74, 6) is 0. The van der Waals surface area contributed by atoms with Crippen molar-refractivity contribution in [1.82, 2.24) is 4.57 Å². The number of hydrogen-bond donors (Lipinski definition) is 0. The lowest BCUT2D eigenvalue weighted by atomic mass is 9.70. The second-order valence-electron chi connectivity index (χ2n) is 15.3. The van der Waals surface area contributed by atoms with Crippen molar-refractivity contribution in [3.63, 3.8) is 0 Å². The number of rotatable bonds is 5. The van der Waals surface area contributed by atoms with E-state index in [0.717, 1.165) is 22.7 Å². The van der Waals surface area contributed by atoms with Gasteiger partial charge in [-0.25, -0.2) is 0 Å². The summed E-state index contributed by atoms with van der Waals surface area (Å²) in [6.07, 6.45) is 0. The highest BCUT2D eigenvalue weighted by molar-refractivity contribution is 6.13. The van der Waals surface area contributed by atoms with Crippen molar-refractivity contribution < 1.29 is 0 Å². The zero-order valence-corrected chi connectivity index (χ0v) is 31.2. The second-order valence-corrected chi connectivity index (χ2v) is 15.3. The van der Waals surface area contributed by atoms with Gasteiger partial charge in [-0.3, -0.25) is 0 Å². The van der Waals surface area contributed by atoms with E-state index in [1.807, 2.05) is 0 Å². The number of anilines is 3. The summed E-state index contributed by atoms with van der Waals surface area (Å²) in [5, 5.41) is 2.49. The molecule has 2 heteroatoms. The number of hydrogen-bond acceptors (Lipinski definition) is 1. The van der Waals surface area contributed by atoms with Gasteiger partial charge in [-0.05, 0) is 116 Å².